The first-order chi connectivity index (χ1) is 11.4. The summed E-state index contributed by atoms with van der Waals surface area (Å²) < 4.78 is 5.55. The molecule has 4 rings (SSSR count). The van der Waals surface area contributed by atoms with Crippen LogP contribution in [0, 0.1) is 0 Å². The zero-order chi connectivity index (χ0) is 15.6. The number of hydrogen-bond acceptors (Lipinski definition) is 3. The molecule has 23 heavy (non-hydrogen) atoms. The van der Waals surface area contributed by atoms with Crippen LogP contribution in [0.5, 0.6) is 5.75 Å². The largest absolute Gasteiger partial charge is 0.496 e. The van der Waals surface area contributed by atoms with Crippen molar-refractivity contribution in [1.29, 1.82) is 0 Å². The molecule has 0 aliphatic rings. The van der Waals surface area contributed by atoms with Crippen molar-refractivity contribution in [2.45, 2.75) is 0 Å². The number of nitrogens with zero attached hydrogens (tertiary/aromatic N) is 2. The van der Waals surface area contributed by atoms with E-state index >= 15 is 0 Å². The lowest BCUT2D eigenvalue weighted by molar-refractivity contribution is 0.416. The van der Waals surface area contributed by atoms with Gasteiger partial charge in [-0.1, -0.05) is 18.2 Å². The van der Waals surface area contributed by atoms with Gasteiger partial charge in [0.25, 0.3) is 0 Å². The molecule has 0 bridgehead atoms. The molecule has 0 aliphatic carbocycles. The van der Waals surface area contributed by atoms with Crippen LogP contribution in [0.4, 0.5) is 0 Å². The summed E-state index contributed by atoms with van der Waals surface area (Å²) in [5, 5.41) is 0. The second-order valence-electron chi connectivity index (χ2n) is 5.21. The van der Waals surface area contributed by atoms with Crippen LogP contribution in [-0.2, 0) is 0 Å². The Kier molecular flexibility index (Phi) is 3.27. The third kappa shape index (κ3) is 2.25. The molecular weight excluding hydrogens is 286 g/mol. The van der Waals surface area contributed by atoms with Crippen molar-refractivity contribution in [3.63, 3.8) is 0 Å². The van der Waals surface area contributed by atoms with Crippen molar-refractivity contribution in [2.75, 3.05) is 7.11 Å². The fraction of sp³-hybridized carbons (Fsp3) is 0.0526. The third-order valence-electron chi connectivity index (χ3n) is 3.90. The van der Waals surface area contributed by atoms with Crippen LogP contribution in [0.25, 0.3) is 33.4 Å². The third-order valence-corrected chi connectivity index (χ3v) is 3.90. The lowest BCUT2D eigenvalue weighted by Gasteiger charge is -2.09. The highest BCUT2D eigenvalue weighted by Crippen LogP contribution is 2.40. The minimum Gasteiger partial charge on any atom is -0.496 e. The van der Waals surface area contributed by atoms with E-state index in [1.807, 2.05) is 48.7 Å². The van der Waals surface area contributed by atoms with Gasteiger partial charge in [0.2, 0.25) is 0 Å². The molecule has 0 unspecified atom stereocenters. The Labute approximate surface area is 133 Å². The van der Waals surface area contributed by atoms with E-state index in [1.54, 1.807) is 19.5 Å². The zero-order valence-corrected chi connectivity index (χ0v) is 12.7. The maximum Gasteiger partial charge on any atom is 0.126 e. The maximum atomic E-state index is 5.55. The maximum absolute atomic E-state index is 5.55. The predicted octanol–water partition coefficient (Wildman–Crippen LogP) is 4.30. The standard InChI is InChI=1S/C19H15N3O/c1-23-16-7-3-2-5-14(16)17-18(13-8-11-20-12-9-13)22-15-6-4-10-21-19(15)17/h2-12,22H,1H3. The predicted molar refractivity (Wildman–Crippen MR) is 91.3 cm³/mol. The smallest absolute Gasteiger partial charge is 0.126 e. The molecule has 3 aromatic heterocycles. The number of nitrogens with one attached hydrogen (secondary N) is 1. The Morgan fingerprint density at radius 1 is 0.913 bits per heavy atom. The SMILES string of the molecule is COc1ccccc1-c1c(-c2ccncc2)[nH]c2cccnc12. The summed E-state index contributed by atoms with van der Waals surface area (Å²) in [7, 11) is 1.69. The summed E-state index contributed by atoms with van der Waals surface area (Å²) in [6.07, 6.45) is 5.39. The number of benzene rings is 1. The quantitative estimate of drug-likeness (QED) is 0.614. The molecule has 0 saturated heterocycles. The van der Waals surface area contributed by atoms with Crippen molar-refractivity contribution in [1.82, 2.24) is 15.0 Å². The fourth-order valence-corrected chi connectivity index (χ4v) is 2.87. The first-order valence-corrected chi connectivity index (χ1v) is 7.39. The molecule has 0 fully saturated rings. The molecule has 0 spiro atoms. The highest BCUT2D eigenvalue weighted by atomic mass is 16.5. The number of rotatable bonds is 3. The van der Waals surface area contributed by atoms with E-state index in [2.05, 4.69) is 21.0 Å². The molecule has 4 aromatic rings. The van der Waals surface area contributed by atoms with Gasteiger partial charge in [0.15, 0.2) is 0 Å². The van der Waals surface area contributed by atoms with Crippen LogP contribution in [0.15, 0.2) is 67.1 Å². The Hall–Kier alpha value is -3.14. The molecule has 3 heterocycles. The van der Waals surface area contributed by atoms with Gasteiger partial charge in [-0.05, 0) is 30.3 Å². The molecule has 4 nitrogen and oxygen atoms in total. The summed E-state index contributed by atoms with van der Waals surface area (Å²) >= 11 is 0. The normalized spacial score (nSPS) is 10.8. The summed E-state index contributed by atoms with van der Waals surface area (Å²) in [6, 6.07) is 15.9. The van der Waals surface area contributed by atoms with E-state index in [9.17, 15) is 0 Å². The van der Waals surface area contributed by atoms with Gasteiger partial charge in [-0.2, -0.15) is 0 Å². The van der Waals surface area contributed by atoms with Gasteiger partial charge in [0.05, 0.1) is 23.8 Å². The van der Waals surface area contributed by atoms with Crippen molar-refractivity contribution < 1.29 is 4.74 Å². The van der Waals surface area contributed by atoms with Crippen LogP contribution < -0.4 is 4.74 Å². The highest BCUT2D eigenvalue weighted by molar-refractivity contribution is 6.02. The molecule has 0 aliphatic heterocycles. The Balaban J connectivity index is 2.08. The first-order valence-electron chi connectivity index (χ1n) is 7.39. The number of fused-ring (bicyclic) bond motifs is 1. The van der Waals surface area contributed by atoms with Gasteiger partial charge >= 0.3 is 0 Å². The van der Waals surface area contributed by atoms with E-state index < -0.39 is 0 Å². The molecular formula is C19H15N3O. The van der Waals surface area contributed by atoms with Gasteiger partial charge in [-0.3, -0.25) is 9.97 Å². The first kappa shape index (κ1) is 13.5. The molecule has 0 atom stereocenters. The van der Waals surface area contributed by atoms with Crippen molar-refractivity contribution >= 4 is 11.0 Å². The van der Waals surface area contributed by atoms with Gasteiger partial charge < -0.3 is 9.72 Å². The Bertz CT molecular complexity index is 961. The van der Waals surface area contributed by atoms with Crippen LogP contribution in [-0.4, -0.2) is 22.1 Å². The molecule has 112 valence electrons. The molecule has 1 aromatic carbocycles. The summed E-state index contributed by atoms with van der Waals surface area (Å²) in [6.45, 7) is 0. The van der Waals surface area contributed by atoms with E-state index in [1.165, 1.54) is 0 Å². The van der Waals surface area contributed by atoms with Crippen molar-refractivity contribution in [3.05, 3.63) is 67.1 Å². The van der Waals surface area contributed by atoms with Gasteiger partial charge in [-0.15, -0.1) is 0 Å². The fourth-order valence-electron chi connectivity index (χ4n) is 2.87. The second kappa shape index (κ2) is 5.57. The van der Waals surface area contributed by atoms with Gasteiger partial charge in [-0.25, -0.2) is 0 Å². The van der Waals surface area contributed by atoms with Gasteiger partial charge in [0.1, 0.15) is 5.75 Å². The number of para-hydroxylation sites is 1. The van der Waals surface area contributed by atoms with E-state index in [4.69, 9.17) is 4.74 Å². The summed E-state index contributed by atoms with van der Waals surface area (Å²) in [5.74, 6) is 0.828. The van der Waals surface area contributed by atoms with Gasteiger partial charge in [0, 0.05) is 35.3 Å². The summed E-state index contributed by atoms with van der Waals surface area (Å²) in [4.78, 5) is 12.2. The average molecular weight is 301 g/mol. The lowest BCUT2D eigenvalue weighted by Crippen LogP contribution is -1.89. The molecule has 0 saturated carbocycles. The highest BCUT2D eigenvalue weighted by Gasteiger charge is 2.18. The molecule has 1 N–H and O–H groups in total. The van der Waals surface area contributed by atoms with E-state index in [0.29, 0.717) is 0 Å². The van der Waals surface area contributed by atoms with Crippen LogP contribution in [0.2, 0.25) is 0 Å². The zero-order valence-electron chi connectivity index (χ0n) is 12.7. The number of ether oxygens (including phenoxy) is 1. The van der Waals surface area contributed by atoms with E-state index in [-0.39, 0.29) is 0 Å². The Morgan fingerprint density at radius 2 is 1.74 bits per heavy atom. The summed E-state index contributed by atoms with van der Waals surface area (Å²) in [5.41, 5.74) is 6.09. The number of methoxy groups -OCH3 is 1. The lowest BCUT2D eigenvalue weighted by atomic mass is 10.00. The van der Waals surface area contributed by atoms with Crippen LogP contribution >= 0.6 is 0 Å². The second-order valence-corrected chi connectivity index (χ2v) is 5.21. The number of H-pyrrole nitrogens is 1. The van der Waals surface area contributed by atoms with Crippen LogP contribution in [0.3, 0.4) is 0 Å². The average Bonchev–Trinajstić information content (AvgIpc) is 3.02. The topological polar surface area (TPSA) is 50.8 Å². The number of hydrogen-bond donors (Lipinski definition) is 1. The van der Waals surface area contributed by atoms with Crippen LogP contribution in [0.1, 0.15) is 0 Å². The van der Waals surface area contributed by atoms with E-state index in [0.717, 1.165) is 39.2 Å². The van der Waals surface area contributed by atoms with Crippen molar-refractivity contribution in [3.8, 4) is 28.1 Å². The minimum atomic E-state index is 0.828. The molecule has 0 radical (unpaired) electrons. The molecule has 4 heteroatoms. The number of pyridine rings is 2. The van der Waals surface area contributed by atoms with Crippen molar-refractivity contribution in [2.24, 2.45) is 0 Å². The number of aromatic nitrogens is 3. The monoisotopic (exact) mass is 301 g/mol. The number of aromatic amines is 1. The minimum absolute atomic E-state index is 0.828. The Morgan fingerprint density at radius 3 is 2.57 bits per heavy atom. The molecule has 0 amide bonds.